The SMILES string of the molecule is CCc1ccc(CNC2CCCCC2OC)s1. The second-order valence-electron chi connectivity index (χ2n) is 4.77. The lowest BCUT2D eigenvalue weighted by molar-refractivity contribution is 0.0414. The Kier molecular flexibility index (Phi) is 5.01. The van der Waals surface area contributed by atoms with Crippen molar-refractivity contribution in [1.82, 2.24) is 5.32 Å². The van der Waals surface area contributed by atoms with Gasteiger partial charge < -0.3 is 10.1 Å². The second-order valence-corrected chi connectivity index (χ2v) is 6.02. The minimum Gasteiger partial charge on any atom is -0.380 e. The van der Waals surface area contributed by atoms with Crippen LogP contribution in [0, 0.1) is 0 Å². The Bertz CT molecular complexity index is 337. The molecule has 96 valence electrons. The Balaban J connectivity index is 1.83. The summed E-state index contributed by atoms with van der Waals surface area (Å²) in [5, 5.41) is 3.66. The van der Waals surface area contributed by atoms with Crippen LogP contribution in [-0.2, 0) is 17.7 Å². The molecule has 3 heteroatoms. The quantitative estimate of drug-likeness (QED) is 0.869. The van der Waals surface area contributed by atoms with E-state index in [2.05, 4.69) is 24.4 Å². The Labute approximate surface area is 108 Å². The van der Waals surface area contributed by atoms with Crippen LogP contribution in [0.1, 0.15) is 42.4 Å². The summed E-state index contributed by atoms with van der Waals surface area (Å²) < 4.78 is 5.56. The van der Waals surface area contributed by atoms with Gasteiger partial charge in [0, 0.05) is 29.5 Å². The third-order valence-electron chi connectivity index (χ3n) is 3.61. The van der Waals surface area contributed by atoms with Gasteiger partial charge in [-0.25, -0.2) is 0 Å². The molecule has 2 unspecified atom stereocenters. The molecule has 17 heavy (non-hydrogen) atoms. The molecule has 1 N–H and O–H groups in total. The minimum absolute atomic E-state index is 0.411. The van der Waals surface area contributed by atoms with Crippen LogP contribution < -0.4 is 5.32 Å². The molecule has 1 heterocycles. The van der Waals surface area contributed by atoms with Crippen molar-refractivity contribution in [2.75, 3.05) is 7.11 Å². The Morgan fingerprint density at radius 1 is 1.29 bits per heavy atom. The van der Waals surface area contributed by atoms with E-state index in [0.717, 1.165) is 13.0 Å². The average Bonchev–Trinajstić information content (AvgIpc) is 2.84. The number of hydrogen-bond acceptors (Lipinski definition) is 3. The molecule has 0 saturated heterocycles. The zero-order valence-electron chi connectivity index (χ0n) is 10.9. The van der Waals surface area contributed by atoms with Crippen LogP contribution in [-0.4, -0.2) is 19.3 Å². The molecule has 1 aromatic heterocycles. The first-order chi connectivity index (χ1) is 8.33. The third kappa shape index (κ3) is 3.54. The molecule has 0 radical (unpaired) electrons. The maximum atomic E-state index is 5.56. The van der Waals surface area contributed by atoms with E-state index in [0.29, 0.717) is 12.1 Å². The maximum absolute atomic E-state index is 5.56. The summed E-state index contributed by atoms with van der Waals surface area (Å²) in [4.78, 5) is 2.93. The van der Waals surface area contributed by atoms with Crippen LogP contribution in [0.4, 0.5) is 0 Å². The number of hydrogen-bond donors (Lipinski definition) is 1. The summed E-state index contributed by atoms with van der Waals surface area (Å²) in [5.74, 6) is 0. The van der Waals surface area contributed by atoms with Gasteiger partial charge in [-0.3, -0.25) is 0 Å². The molecule has 0 spiro atoms. The van der Waals surface area contributed by atoms with Crippen molar-refractivity contribution in [2.24, 2.45) is 0 Å². The lowest BCUT2D eigenvalue weighted by Gasteiger charge is -2.31. The highest BCUT2D eigenvalue weighted by molar-refractivity contribution is 7.11. The molecule has 0 bridgehead atoms. The van der Waals surface area contributed by atoms with Gasteiger partial charge in [0.25, 0.3) is 0 Å². The van der Waals surface area contributed by atoms with Crippen LogP contribution >= 0.6 is 11.3 Å². The first kappa shape index (κ1) is 13.1. The standard InChI is InChI=1S/C14H23NOS/c1-3-11-8-9-12(17-11)10-15-13-6-4-5-7-14(13)16-2/h8-9,13-15H,3-7,10H2,1-2H3. The van der Waals surface area contributed by atoms with Gasteiger partial charge >= 0.3 is 0 Å². The fraction of sp³-hybridized carbons (Fsp3) is 0.714. The molecular weight excluding hydrogens is 230 g/mol. The average molecular weight is 253 g/mol. The van der Waals surface area contributed by atoms with Gasteiger partial charge in [-0.15, -0.1) is 11.3 Å². The molecular formula is C14H23NOS. The van der Waals surface area contributed by atoms with Gasteiger partial charge in [-0.1, -0.05) is 19.8 Å². The summed E-state index contributed by atoms with van der Waals surface area (Å²) in [6.07, 6.45) is 6.67. The molecule has 2 rings (SSSR count). The lowest BCUT2D eigenvalue weighted by atomic mass is 9.92. The molecule has 0 amide bonds. The van der Waals surface area contributed by atoms with Crippen molar-refractivity contribution < 1.29 is 4.74 Å². The monoisotopic (exact) mass is 253 g/mol. The van der Waals surface area contributed by atoms with Crippen LogP contribution in [0.5, 0.6) is 0 Å². The highest BCUT2D eigenvalue weighted by Gasteiger charge is 2.24. The zero-order chi connectivity index (χ0) is 12.1. The van der Waals surface area contributed by atoms with Gasteiger partial charge in [0.15, 0.2) is 0 Å². The predicted molar refractivity (Wildman–Crippen MR) is 73.6 cm³/mol. The van der Waals surface area contributed by atoms with Crippen LogP contribution in [0.2, 0.25) is 0 Å². The highest BCUT2D eigenvalue weighted by atomic mass is 32.1. The van der Waals surface area contributed by atoms with E-state index < -0.39 is 0 Å². The van der Waals surface area contributed by atoms with Crippen molar-refractivity contribution in [2.45, 2.75) is 57.7 Å². The number of aryl methyl sites for hydroxylation is 1. The molecule has 2 nitrogen and oxygen atoms in total. The first-order valence-corrected chi connectivity index (χ1v) is 7.49. The Morgan fingerprint density at radius 2 is 2.06 bits per heavy atom. The van der Waals surface area contributed by atoms with E-state index >= 15 is 0 Å². The summed E-state index contributed by atoms with van der Waals surface area (Å²) in [6.45, 7) is 3.21. The summed E-state index contributed by atoms with van der Waals surface area (Å²) >= 11 is 1.93. The molecule has 2 atom stereocenters. The minimum atomic E-state index is 0.411. The number of ether oxygens (including phenoxy) is 1. The summed E-state index contributed by atoms with van der Waals surface area (Å²) in [5.41, 5.74) is 0. The van der Waals surface area contributed by atoms with Crippen LogP contribution in [0.25, 0.3) is 0 Å². The van der Waals surface area contributed by atoms with E-state index in [1.54, 1.807) is 0 Å². The first-order valence-electron chi connectivity index (χ1n) is 6.67. The largest absolute Gasteiger partial charge is 0.380 e. The number of nitrogens with one attached hydrogen (secondary N) is 1. The third-order valence-corrected chi connectivity index (χ3v) is 4.84. The van der Waals surface area contributed by atoms with Crippen molar-refractivity contribution in [3.05, 3.63) is 21.9 Å². The van der Waals surface area contributed by atoms with Crippen molar-refractivity contribution >= 4 is 11.3 Å². The molecule has 0 aliphatic heterocycles. The highest BCUT2D eigenvalue weighted by Crippen LogP contribution is 2.22. The molecule has 1 aliphatic rings. The lowest BCUT2D eigenvalue weighted by Crippen LogP contribution is -2.42. The summed E-state index contributed by atoms with van der Waals surface area (Å²) in [7, 11) is 1.84. The van der Waals surface area contributed by atoms with Gasteiger partial charge in [0.05, 0.1) is 6.10 Å². The smallest absolute Gasteiger partial charge is 0.0724 e. The molecule has 1 aliphatic carbocycles. The van der Waals surface area contributed by atoms with Gasteiger partial charge in [0.1, 0.15) is 0 Å². The molecule has 1 fully saturated rings. The van der Waals surface area contributed by atoms with Crippen LogP contribution in [0.3, 0.4) is 0 Å². The second kappa shape index (κ2) is 6.53. The Hall–Kier alpha value is -0.380. The van der Waals surface area contributed by atoms with Gasteiger partial charge in [0.2, 0.25) is 0 Å². The molecule has 1 aromatic rings. The number of thiophene rings is 1. The summed E-state index contributed by atoms with van der Waals surface area (Å²) in [6, 6.07) is 5.04. The van der Waals surface area contributed by atoms with Crippen molar-refractivity contribution in [1.29, 1.82) is 0 Å². The van der Waals surface area contributed by atoms with E-state index in [4.69, 9.17) is 4.74 Å². The normalized spacial score (nSPS) is 25.1. The fourth-order valence-corrected chi connectivity index (χ4v) is 3.46. The molecule has 1 saturated carbocycles. The van der Waals surface area contributed by atoms with Crippen molar-refractivity contribution in [3.8, 4) is 0 Å². The Morgan fingerprint density at radius 3 is 2.76 bits per heavy atom. The number of rotatable bonds is 5. The van der Waals surface area contributed by atoms with Crippen LogP contribution in [0.15, 0.2) is 12.1 Å². The van der Waals surface area contributed by atoms with E-state index in [1.807, 2.05) is 18.4 Å². The zero-order valence-corrected chi connectivity index (χ0v) is 11.7. The van der Waals surface area contributed by atoms with E-state index in [9.17, 15) is 0 Å². The van der Waals surface area contributed by atoms with Crippen molar-refractivity contribution in [3.63, 3.8) is 0 Å². The number of methoxy groups -OCH3 is 1. The fourth-order valence-electron chi connectivity index (χ4n) is 2.55. The topological polar surface area (TPSA) is 21.3 Å². The van der Waals surface area contributed by atoms with Gasteiger partial charge in [-0.05, 0) is 31.4 Å². The van der Waals surface area contributed by atoms with E-state index in [-0.39, 0.29) is 0 Å². The predicted octanol–water partition coefficient (Wildman–Crippen LogP) is 3.36. The maximum Gasteiger partial charge on any atom is 0.0724 e. The van der Waals surface area contributed by atoms with E-state index in [1.165, 1.54) is 35.4 Å². The van der Waals surface area contributed by atoms with Gasteiger partial charge in [-0.2, -0.15) is 0 Å². The molecule has 0 aromatic carbocycles.